The summed E-state index contributed by atoms with van der Waals surface area (Å²) in [5, 5.41) is 3.60. The van der Waals surface area contributed by atoms with E-state index in [0.717, 1.165) is 33.9 Å². The molecule has 1 N–H and O–H groups in total. The van der Waals surface area contributed by atoms with Crippen LogP contribution in [0.15, 0.2) is 89.8 Å². The Balaban J connectivity index is 1.32. The molecule has 3 aromatic rings. The van der Waals surface area contributed by atoms with Crippen molar-refractivity contribution in [2.24, 2.45) is 5.92 Å². The van der Waals surface area contributed by atoms with Crippen molar-refractivity contribution in [1.82, 2.24) is 4.90 Å². The number of hydrogen-bond acceptors (Lipinski definition) is 4. The zero-order valence-electron chi connectivity index (χ0n) is 20.1. The van der Waals surface area contributed by atoms with Gasteiger partial charge in [0.15, 0.2) is 5.50 Å². The first-order valence-electron chi connectivity index (χ1n) is 12.5. The van der Waals surface area contributed by atoms with Gasteiger partial charge in [0.1, 0.15) is 12.4 Å². The predicted molar refractivity (Wildman–Crippen MR) is 145 cm³/mol. The van der Waals surface area contributed by atoms with E-state index in [1.165, 1.54) is 19.3 Å². The van der Waals surface area contributed by atoms with Crippen LogP contribution in [0.1, 0.15) is 43.7 Å². The molecule has 5 rings (SSSR count). The normalized spacial score (nSPS) is 23.5. The van der Waals surface area contributed by atoms with Crippen LogP contribution < -0.4 is 10.1 Å². The molecule has 1 unspecified atom stereocenters. The number of hydrogen-bond donors (Lipinski definition) is 1. The first-order valence-corrected chi connectivity index (χ1v) is 13.3. The third-order valence-electron chi connectivity index (χ3n) is 6.85. The third-order valence-corrected chi connectivity index (χ3v) is 7.96. The fraction of sp³-hybridized carbons (Fsp3) is 0.300. The molecule has 0 radical (unpaired) electrons. The maximum Gasteiger partial charge on any atom is 0.262 e. The van der Waals surface area contributed by atoms with Crippen LogP contribution in [0.5, 0.6) is 5.75 Å². The minimum Gasteiger partial charge on any atom is -0.489 e. The average Bonchev–Trinajstić information content (AvgIpc) is 3.19. The maximum atomic E-state index is 13.7. The van der Waals surface area contributed by atoms with Gasteiger partial charge >= 0.3 is 0 Å². The molecule has 1 aliphatic heterocycles. The van der Waals surface area contributed by atoms with Crippen molar-refractivity contribution in [3.63, 3.8) is 0 Å². The molecule has 5 heteroatoms. The Morgan fingerprint density at radius 1 is 0.943 bits per heavy atom. The lowest BCUT2D eigenvalue weighted by molar-refractivity contribution is -0.129. The Morgan fingerprint density at radius 3 is 2.34 bits per heavy atom. The van der Waals surface area contributed by atoms with E-state index in [9.17, 15) is 4.79 Å². The number of thioether (sulfide) groups is 1. The number of anilines is 1. The summed E-state index contributed by atoms with van der Waals surface area (Å²) in [6, 6.07) is 28.6. The number of benzene rings is 3. The van der Waals surface area contributed by atoms with Gasteiger partial charge in [-0.05, 0) is 60.2 Å². The summed E-state index contributed by atoms with van der Waals surface area (Å²) >= 11 is 1.62. The number of ether oxygens (including phenoxy) is 1. The monoisotopic (exact) mass is 484 g/mol. The first-order chi connectivity index (χ1) is 17.2. The van der Waals surface area contributed by atoms with Gasteiger partial charge in [0.2, 0.25) is 0 Å². The number of rotatable bonds is 7. The SMILES string of the molecule is C[C@H]1CCCC[C@H]1N1C(=O)/C(=C/c2ccc(OCc3ccccc3)cc2)SC1Nc1ccccc1. The predicted octanol–water partition coefficient (Wildman–Crippen LogP) is 7.16. The number of nitrogens with one attached hydrogen (secondary N) is 1. The molecule has 4 nitrogen and oxygen atoms in total. The van der Waals surface area contributed by atoms with Crippen LogP contribution in [-0.4, -0.2) is 22.3 Å². The van der Waals surface area contributed by atoms with Crippen LogP contribution >= 0.6 is 11.8 Å². The van der Waals surface area contributed by atoms with Crippen LogP contribution in [0, 0.1) is 5.92 Å². The fourth-order valence-electron chi connectivity index (χ4n) is 4.92. The topological polar surface area (TPSA) is 41.6 Å². The smallest absolute Gasteiger partial charge is 0.262 e. The molecule has 180 valence electrons. The fourth-order valence-corrected chi connectivity index (χ4v) is 6.13. The molecule has 1 heterocycles. The first kappa shape index (κ1) is 23.6. The van der Waals surface area contributed by atoms with E-state index in [2.05, 4.69) is 41.4 Å². The Bertz CT molecular complexity index is 1150. The van der Waals surface area contributed by atoms with E-state index in [0.29, 0.717) is 12.5 Å². The van der Waals surface area contributed by atoms with Gasteiger partial charge in [-0.2, -0.15) is 0 Å². The van der Waals surface area contributed by atoms with Crippen molar-refractivity contribution in [1.29, 1.82) is 0 Å². The highest BCUT2D eigenvalue weighted by Crippen LogP contribution is 2.42. The average molecular weight is 485 g/mol. The lowest BCUT2D eigenvalue weighted by Gasteiger charge is -2.39. The molecule has 3 aromatic carbocycles. The maximum absolute atomic E-state index is 13.7. The summed E-state index contributed by atoms with van der Waals surface area (Å²) in [5.41, 5.74) is 3.08. The van der Waals surface area contributed by atoms with Crippen molar-refractivity contribution in [3.05, 3.63) is 101 Å². The Morgan fingerprint density at radius 2 is 1.63 bits per heavy atom. The Labute approximate surface area is 212 Å². The third kappa shape index (κ3) is 5.73. The van der Waals surface area contributed by atoms with Crippen LogP contribution in [0.4, 0.5) is 5.69 Å². The second-order valence-corrected chi connectivity index (χ2v) is 10.5. The van der Waals surface area contributed by atoms with Crippen molar-refractivity contribution in [2.75, 3.05) is 5.32 Å². The van der Waals surface area contributed by atoms with E-state index >= 15 is 0 Å². The lowest BCUT2D eigenvalue weighted by atomic mass is 9.85. The zero-order valence-corrected chi connectivity index (χ0v) is 20.9. The van der Waals surface area contributed by atoms with Crippen LogP contribution in [0.3, 0.4) is 0 Å². The Hall–Kier alpha value is -3.18. The molecule has 1 saturated carbocycles. The Kier molecular flexibility index (Phi) is 7.43. The molecular weight excluding hydrogens is 452 g/mol. The highest BCUT2D eigenvalue weighted by atomic mass is 32.2. The molecule has 0 spiro atoms. The largest absolute Gasteiger partial charge is 0.489 e. The standard InChI is InChI=1S/C30H32N2O2S/c1-22-10-8-9-15-27(22)32-29(33)28(35-30(32)31-25-13-6-3-7-14-25)20-23-16-18-26(19-17-23)34-21-24-11-4-2-5-12-24/h2-7,11-14,16-20,22,27,30-31H,8-10,15,21H2,1H3/b28-20-/t22-,27+,30?/m0/s1. The number of amides is 1. The van der Waals surface area contributed by atoms with Crippen LogP contribution in [0.25, 0.3) is 6.08 Å². The number of para-hydroxylation sites is 1. The summed E-state index contributed by atoms with van der Waals surface area (Å²) in [7, 11) is 0. The van der Waals surface area contributed by atoms with Crippen molar-refractivity contribution < 1.29 is 9.53 Å². The lowest BCUT2D eigenvalue weighted by Crippen LogP contribution is -2.48. The molecular formula is C30H32N2O2S. The summed E-state index contributed by atoms with van der Waals surface area (Å²) in [4.78, 5) is 16.5. The quantitative estimate of drug-likeness (QED) is 0.361. The molecule has 2 aliphatic rings. The van der Waals surface area contributed by atoms with E-state index in [4.69, 9.17) is 4.74 Å². The minimum atomic E-state index is -0.102. The summed E-state index contributed by atoms with van der Waals surface area (Å²) in [6.07, 6.45) is 6.71. The van der Waals surface area contributed by atoms with Gasteiger partial charge in [0, 0.05) is 11.7 Å². The summed E-state index contributed by atoms with van der Waals surface area (Å²) in [6.45, 7) is 2.83. The molecule has 2 fully saturated rings. The molecule has 1 amide bonds. The summed E-state index contributed by atoms with van der Waals surface area (Å²) in [5.74, 6) is 1.46. The molecule has 3 atom stereocenters. The molecule has 35 heavy (non-hydrogen) atoms. The van der Waals surface area contributed by atoms with Gasteiger partial charge in [0.25, 0.3) is 5.91 Å². The van der Waals surface area contributed by atoms with Gasteiger partial charge in [-0.3, -0.25) is 4.79 Å². The number of nitrogens with zero attached hydrogens (tertiary/aromatic N) is 1. The van der Waals surface area contributed by atoms with Crippen LogP contribution in [0.2, 0.25) is 0 Å². The van der Waals surface area contributed by atoms with Gasteiger partial charge in [-0.25, -0.2) is 0 Å². The molecule has 0 aromatic heterocycles. The van der Waals surface area contributed by atoms with E-state index in [-0.39, 0.29) is 17.4 Å². The van der Waals surface area contributed by atoms with E-state index in [1.807, 2.05) is 66.7 Å². The highest BCUT2D eigenvalue weighted by Gasteiger charge is 2.42. The van der Waals surface area contributed by atoms with Gasteiger partial charge < -0.3 is 15.0 Å². The molecule has 0 bridgehead atoms. The second kappa shape index (κ2) is 11.0. The number of carbonyl (C=O) groups is 1. The van der Waals surface area contributed by atoms with Crippen molar-refractivity contribution in [2.45, 2.75) is 50.8 Å². The van der Waals surface area contributed by atoms with Gasteiger partial charge in [-0.15, -0.1) is 0 Å². The van der Waals surface area contributed by atoms with Crippen molar-refractivity contribution >= 4 is 29.4 Å². The number of carbonyl (C=O) groups excluding carboxylic acids is 1. The van der Waals surface area contributed by atoms with E-state index in [1.54, 1.807) is 11.8 Å². The highest BCUT2D eigenvalue weighted by molar-refractivity contribution is 8.05. The van der Waals surface area contributed by atoms with E-state index < -0.39 is 0 Å². The van der Waals surface area contributed by atoms with Crippen LogP contribution in [-0.2, 0) is 11.4 Å². The van der Waals surface area contributed by atoms with Crippen molar-refractivity contribution in [3.8, 4) is 5.75 Å². The zero-order chi connectivity index (χ0) is 24.0. The van der Waals surface area contributed by atoms with Gasteiger partial charge in [0.05, 0.1) is 4.91 Å². The van der Waals surface area contributed by atoms with Gasteiger partial charge in [-0.1, -0.05) is 92.2 Å². The summed E-state index contributed by atoms with van der Waals surface area (Å²) < 4.78 is 5.92. The molecule has 1 saturated heterocycles. The minimum absolute atomic E-state index is 0.102. The second-order valence-electron chi connectivity index (χ2n) is 9.37. The molecule has 1 aliphatic carbocycles.